The van der Waals surface area contributed by atoms with Crippen molar-refractivity contribution in [2.75, 3.05) is 38.5 Å². The SMILES string of the molecule is CCOCC(COCC)OC(=O)Oc1c2n(ccc1=O)NCN([C@H](C)C(F)(F)F)C2=O. The van der Waals surface area contributed by atoms with Crippen LogP contribution < -0.4 is 15.6 Å². The van der Waals surface area contributed by atoms with E-state index in [2.05, 4.69) is 5.43 Å². The number of nitrogens with zero attached hydrogens (tertiary/aromatic N) is 2. The van der Waals surface area contributed by atoms with Gasteiger partial charge in [-0.3, -0.25) is 14.3 Å². The average molecular weight is 451 g/mol. The zero-order valence-electron chi connectivity index (χ0n) is 17.2. The van der Waals surface area contributed by atoms with E-state index >= 15 is 0 Å². The lowest BCUT2D eigenvalue weighted by Crippen LogP contribution is -2.54. The molecular weight excluding hydrogens is 427 g/mol. The van der Waals surface area contributed by atoms with Crippen molar-refractivity contribution in [2.45, 2.75) is 39.1 Å². The van der Waals surface area contributed by atoms with Gasteiger partial charge in [0.15, 0.2) is 11.8 Å². The highest BCUT2D eigenvalue weighted by atomic mass is 19.4. The first-order valence-corrected chi connectivity index (χ1v) is 9.51. The molecule has 0 radical (unpaired) electrons. The molecule has 0 fully saturated rings. The second-order valence-corrected chi connectivity index (χ2v) is 6.45. The fourth-order valence-electron chi connectivity index (χ4n) is 2.66. The van der Waals surface area contributed by atoms with Crippen LogP contribution in [-0.4, -0.2) is 73.1 Å². The summed E-state index contributed by atoms with van der Waals surface area (Å²) >= 11 is 0. The molecular formula is C18H24F3N3O7. The molecule has 1 aliphatic rings. The zero-order valence-corrected chi connectivity index (χ0v) is 17.2. The first kappa shape index (κ1) is 24.5. The Bertz CT molecular complexity index is 836. The smallest absolute Gasteiger partial charge is 0.426 e. The molecule has 0 aromatic carbocycles. The first-order chi connectivity index (χ1) is 14.6. The minimum atomic E-state index is -4.69. The Morgan fingerprint density at radius 1 is 1.19 bits per heavy atom. The molecule has 0 aliphatic carbocycles. The molecule has 10 nitrogen and oxygen atoms in total. The zero-order chi connectivity index (χ0) is 23.2. The third kappa shape index (κ3) is 6.10. The first-order valence-electron chi connectivity index (χ1n) is 9.51. The van der Waals surface area contributed by atoms with Crippen molar-refractivity contribution < 1.29 is 41.7 Å². The van der Waals surface area contributed by atoms with E-state index in [0.29, 0.717) is 18.1 Å². The second-order valence-electron chi connectivity index (χ2n) is 6.45. The molecule has 0 saturated heterocycles. The summed E-state index contributed by atoms with van der Waals surface area (Å²) in [7, 11) is 0. The van der Waals surface area contributed by atoms with E-state index in [0.717, 1.165) is 23.9 Å². The topological polar surface area (TPSA) is 108 Å². The molecule has 1 N–H and O–H groups in total. The van der Waals surface area contributed by atoms with Gasteiger partial charge >= 0.3 is 12.3 Å². The van der Waals surface area contributed by atoms with Gasteiger partial charge in [-0.1, -0.05) is 0 Å². The van der Waals surface area contributed by atoms with Crippen LogP contribution in [0.5, 0.6) is 5.75 Å². The van der Waals surface area contributed by atoms with Crippen LogP contribution in [-0.2, 0) is 14.2 Å². The van der Waals surface area contributed by atoms with Gasteiger partial charge in [-0.25, -0.2) is 4.79 Å². The number of fused-ring (bicyclic) bond motifs is 1. The van der Waals surface area contributed by atoms with E-state index < -0.39 is 53.9 Å². The molecule has 1 aromatic rings. The van der Waals surface area contributed by atoms with Gasteiger partial charge < -0.3 is 29.3 Å². The van der Waals surface area contributed by atoms with Crippen molar-refractivity contribution in [3.05, 3.63) is 28.2 Å². The number of alkyl halides is 3. The summed E-state index contributed by atoms with van der Waals surface area (Å²) in [5.74, 6) is -1.89. The standard InChI is InChI=1S/C18H24F3N3O7/c1-4-28-8-12(9-29-5-2)30-17(27)31-15-13(25)6-7-24-14(15)16(26)23(10-22-24)11(3)18(19,20)21/h6-7,11-12,22H,4-5,8-10H2,1-3H3/t11-/m1/s1. The predicted molar refractivity (Wildman–Crippen MR) is 100 cm³/mol. The summed E-state index contributed by atoms with van der Waals surface area (Å²) in [4.78, 5) is 37.7. The fourth-order valence-corrected chi connectivity index (χ4v) is 2.66. The highest BCUT2D eigenvalue weighted by molar-refractivity contribution is 5.97. The van der Waals surface area contributed by atoms with E-state index in [4.69, 9.17) is 18.9 Å². The summed E-state index contributed by atoms with van der Waals surface area (Å²) in [5.41, 5.74) is 1.10. The number of ether oxygens (including phenoxy) is 4. The van der Waals surface area contributed by atoms with Gasteiger partial charge in [0.25, 0.3) is 5.91 Å². The summed E-state index contributed by atoms with van der Waals surface area (Å²) in [6.45, 7) is 4.49. The molecule has 2 rings (SSSR count). The molecule has 2 heterocycles. The largest absolute Gasteiger partial charge is 0.514 e. The lowest BCUT2D eigenvalue weighted by molar-refractivity contribution is -0.172. The molecule has 0 saturated carbocycles. The summed E-state index contributed by atoms with van der Waals surface area (Å²) in [5, 5.41) is 0. The molecule has 0 unspecified atom stereocenters. The van der Waals surface area contributed by atoms with Gasteiger partial charge in [-0.05, 0) is 20.8 Å². The molecule has 1 atom stereocenters. The fraction of sp³-hybridized carbons (Fsp3) is 0.611. The van der Waals surface area contributed by atoms with Gasteiger partial charge in [-0.2, -0.15) is 13.2 Å². The van der Waals surface area contributed by atoms with Crippen molar-refractivity contribution in [1.82, 2.24) is 9.58 Å². The minimum Gasteiger partial charge on any atom is -0.426 e. The number of carbonyl (C=O) groups is 2. The number of halogens is 3. The number of amides is 1. The van der Waals surface area contributed by atoms with E-state index in [1.54, 1.807) is 13.8 Å². The number of carbonyl (C=O) groups excluding carboxylic acids is 2. The van der Waals surface area contributed by atoms with E-state index in [1.165, 1.54) is 0 Å². The van der Waals surface area contributed by atoms with E-state index in [9.17, 15) is 27.6 Å². The summed E-state index contributed by atoms with van der Waals surface area (Å²) in [6, 6.07) is -1.15. The van der Waals surface area contributed by atoms with Crippen molar-refractivity contribution in [3.8, 4) is 5.75 Å². The van der Waals surface area contributed by atoms with Crippen LogP contribution in [0.3, 0.4) is 0 Å². The molecule has 1 amide bonds. The molecule has 1 aliphatic heterocycles. The second kappa shape index (κ2) is 10.5. The third-order valence-electron chi connectivity index (χ3n) is 4.33. The van der Waals surface area contributed by atoms with Crippen LogP contribution in [0.1, 0.15) is 31.3 Å². The molecule has 0 bridgehead atoms. The average Bonchev–Trinajstić information content (AvgIpc) is 2.71. The van der Waals surface area contributed by atoms with Crippen molar-refractivity contribution >= 4 is 12.1 Å². The summed E-state index contributed by atoms with van der Waals surface area (Å²) < 4.78 is 60.7. The monoisotopic (exact) mass is 451 g/mol. The number of aromatic nitrogens is 1. The van der Waals surface area contributed by atoms with Crippen LogP contribution in [0.4, 0.5) is 18.0 Å². The van der Waals surface area contributed by atoms with Crippen LogP contribution in [0.2, 0.25) is 0 Å². The Hall–Kier alpha value is -2.80. The van der Waals surface area contributed by atoms with Gasteiger partial charge in [-0.15, -0.1) is 0 Å². The lowest BCUT2D eigenvalue weighted by Gasteiger charge is -2.36. The highest BCUT2D eigenvalue weighted by Crippen LogP contribution is 2.28. The predicted octanol–water partition coefficient (Wildman–Crippen LogP) is 1.71. The number of pyridine rings is 1. The van der Waals surface area contributed by atoms with Crippen LogP contribution in [0, 0.1) is 0 Å². The Morgan fingerprint density at radius 2 is 1.81 bits per heavy atom. The highest BCUT2D eigenvalue weighted by Gasteiger charge is 2.45. The number of rotatable bonds is 9. The molecule has 0 spiro atoms. The molecule has 13 heteroatoms. The quantitative estimate of drug-likeness (QED) is 0.566. The van der Waals surface area contributed by atoms with Gasteiger partial charge in [0.05, 0.1) is 13.2 Å². The van der Waals surface area contributed by atoms with Crippen LogP contribution in [0.15, 0.2) is 17.1 Å². The van der Waals surface area contributed by atoms with Crippen LogP contribution in [0.25, 0.3) is 0 Å². The summed E-state index contributed by atoms with van der Waals surface area (Å²) in [6.07, 6.45) is -5.73. The van der Waals surface area contributed by atoms with Crippen molar-refractivity contribution in [3.63, 3.8) is 0 Å². The number of hydrogen-bond donors (Lipinski definition) is 1. The lowest BCUT2D eigenvalue weighted by atomic mass is 10.2. The molecule has 174 valence electrons. The maximum absolute atomic E-state index is 13.1. The Kier molecular flexibility index (Phi) is 8.28. The third-order valence-corrected chi connectivity index (χ3v) is 4.33. The Morgan fingerprint density at radius 3 is 2.35 bits per heavy atom. The minimum absolute atomic E-state index is 0.00512. The van der Waals surface area contributed by atoms with Crippen LogP contribution >= 0.6 is 0 Å². The number of hydrogen-bond acceptors (Lipinski definition) is 8. The normalized spacial score (nSPS) is 14.8. The maximum Gasteiger partial charge on any atom is 0.514 e. The van der Waals surface area contributed by atoms with E-state index in [1.807, 2.05) is 0 Å². The van der Waals surface area contributed by atoms with Gasteiger partial charge in [0, 0.05) is 25.5 Å². The Balaban J connectivity index is 2.26. The number of nitrogens with one attached hydrogen (secondary N) is 1. The molecule has 1 aromatic heterocycles. The Labute approximate surface area is 175 Å². The van der Waals surface area contributed by atoms with Crippen molar-refractivity contribution in [1.29, 1.82) is 0 Å². The van der Waals surface area contributed by atoms with Crippen molar-refractivity contribution in [2.24, 2.45) is 0 Å². The van der Waals surface area contributed by atoms with E-state index in [-0.39, 0.29) is 13.2 Å². The maximum atomic E-state index is 13.1. The van der Waals surface area contributed by atoms with Gasteiger partial charge in [0.2, 0.25) is 11.2 Å². The molecule has 31 heavy (non-hydrogen) atoms. The van der Waals surface area contributed by atoms with Gasteiger partial charge in [0.1, 0.15) is 12.7 Å².